The van der Waals surface area contributed by atoms with Crippen LogP contribution in [0.4, 0.5) is 0 Å². The van der Waals surface area contributed by atoms with Gasteiger partial charge in [-0.3, -0.25) is 0 Å². The molecule has 1 aliphatic heterocycles. The Kier molecular flexibility index (Phi) is 8.65. The lowest BCUT2D eigenvalue weighted by Crippen LogP contribution is -2.47. The summed E-state index contributed by atoms with van der Waals surface area (Å²) in [7, 11) is 0. The van der Waals surface area contributed by atoms with Gasteiger partial charge in [0.15, 0.2) is 6.29 Å². The highest BCUT2D eigenvalue weighted by atomic mass is 16.7. The van der Waals surface area contributed by atoms with E-state index >= 15 is 0 Å². The quantitative estimate of drug-likeness (QED) is 0.192. The van der Waals surface area contributed by atoms with E-state index in [0.29, 0.717) is 13.2 Å². The second-order valence-electron chi connectivity index (χ2n) is 9.12. The van der Waals surface area contributed by atoms with E-state index in [1.165, 1.54) is 0 Å². The highest BCUT2D eigenvalue weighted by molar-refractivity contribution is 5.47. The van der Waals surface area contributed by atoms with Gasteiger partial charge in [0.1, 0.15) is 24.4 Å². The molecule has 4 aromatic rings. The smallest absolute Gasteiger partial charge is 0.184 e. The Balaban J connectivity index is 1.51. The third-order valence-corrected chi connectivity index (χ3v) is 6.75. The summed E-state index contributed by atoms with van der Waals surface area (Å²) in [6.07, 6.45) is -1.19. The Morgan fingerprint density at radius 3 is 1.74 bits per heavy atom. The Bertz CT molecular complexity index is 1220. The molecule has 4 nitrogen and oxygen atoms in total. The molecule has 0 radical (unpaired) electrons. The van der Waals surface area contributed by atoms with Crippen molar-refractivity contribution < 1.29 is 18.9 Å². The van der Waals surface area contributed by atoms with Gasteiger partial charge in [0.05, 0.1) is 13.2 Å². The molecule has 1 heterocycles. The van der Waals surface area contributed by atoms with Gasteiger partial charge >= 0.3 is 0 Å². The molecule has 0 saturated carbocycles. The van der Waals surface area contributed by atoms with E-state index in [4.69, 9.17) is 18.9 Å². The zero-order valence-corrected chi connectivity index (χ0v) is 21.5. The number of benzene rings is 4. The number of rotatable bonds is 9. The van der Waals surface area contributed by atoms with Crippen LogP contribution in [0.3, 0.4) is 0 Å². The molecule has 0 aromatic heterocycles. The second-order valence-corrected chi connectivity index (χ2v) is 9.12. The first-order valence-corrected chi connectivity index (χ1v) is 12.9. The van der Waals surface area contributed by atoms with E-state index in [-0.39, 0.29) is 18.8 Å². The van der Waals surface area contributed by atoms with Crippen molar-refractivity contribution in [2.45, 2.75) is 31.0 Å². The number of hydrogen-bond donors (Lipinski definition) is 0. The van der Waals surface area contributed by atoms with Crippen LogP contribution < -0.4 is 0 Å². The monoisotopic (exact) mass is 504 g/mol. The molecule has 0 N–H and O–H groups in total. The summed E-state index contributed by atoms with van der Waals surface area (Å²) in [4.78, 5) is 0. The summed E-state index contributed by atoms with van der Waals surface area (Å²) < 4.78 is 25.7. The topological polar surface area (TPSA) is 36.9 Å². The average Bonchev–Trinajstić information content (AvgIpc) is 3.00. The largest absolute Gasteiger partial charge is 0.360 e. The summed E-state index contributed by atoms with van der Waals surface area (Å²) in [5.41, 5.74) is 3.24. The minimum Gasteiger partial charge on any atom is -0.360 e. The van der Waals surface area contributed by atoms with Crippen LogP contribution >= 0.6 is 0 Å². The van der Waals surface area contributed by atoms with Crippen LogP contribution in [0.2, 0.25) is 0 Å². The molecule has 4 heteroatoms. The van der Waals surface area contributed by atoms with E-state index in [2.05, 4.69) is 48.2 Å². The van der Waals surface area contributed by atoms with Crippen LogP contribution in [-0.2, 0) is 24.5 Å². The highest BCUT2D eigenvalue weighted by Gasteiger charge is 2.41. The van der Waals surface area contributed by atoms with E-state index < -0.39 is 11.9 Å². The summed E-state index contributed by atoms with van der Waals surface area (Å²) in [5, 5.41) is 0. The molecule has 0 aliphatic carbocycles. The van der Waals surface area contributed by atoms with Gasteiger partial charge in [-0.05, 0) is 23.6 Å². The molecule has 1 aliphatic rings. The van der Waals surface area contributed by atoms with Crippen molar-refractivity contribution in [3.63, 3.8) is 0 Å². The molecule has 1 saturated heterocycles. The van der Waals surface area contributed by atoms with Crippen LogP contribution in [0.1, 0.15) is 35.5 Å². The highest BCUT2D eigenvalue weighted by Crippen LogP contribution is 2.41. The zero-order chi connectivity index (χ0) is 26.0. The normalized spacial score (nSPS) is 19.3. The first-order valence-electron chi connectivity index (χ1n) is 12.9. The first-order chi connectivity index (χ1) is 18.8. The van der Waals surface area contributed by atoms with Crippen molar-refractivity contribution in [3.05, 3.63) is 144 Å². The lowest BCUT2D eigenvalue weighted by molar-refractivity contribution is -0.276. The molecule has 4 aromatic carbocycles. The standard InChI is InChI=1S/C34H32O4/c1-2-3-24-35-31-25-36-33(27-16-8-4-9-17-27)38-32(31)26-37-34(28-18-10-5-11-19-28,29-20-12-6-13-21-29)30-22-14-7-15-23-30/h4-23,31-33H,24-26H2,1H3/t31-,32-,33+/m1/s1. The van der Waals surface area contributed by atoms with Gasteiger partial charge in [-0.2, -0.15) is 0 Å². The molecular formula is C34H32O4. The summed E-state index contributed by atoms with van der Waals surface area (Å²) in [6, 6.07) is 41.0. The predicted octanol–water partition coefficient (Wildman–Crippen LogP) is 6.52. The van der Waals surface area contributed by atoms with Crippen LogP contribution in [0.15, 0.2) is 121 Å². The van der Waals surface area contributed by atoms with Crippen LogP contribution in [0.25, 0.3) is 0 Å². The lowest BCUT2D eigenvalue weighted by atomic mass is 9.80. The number of hydrogen-bond acceptors (Lipinski definition) is 4. The van der Waals surface area contributed by atoms with E-state index in [1.807, 2.05) is 84.9 Å². The third kappa shape index (κ3) is 5.72. The fraction of sp³-hybridized carbons (Fsp3) is 0.235. The number of ether oxygens (including phenoxy) is 4. The summed E-state index contributed by atoms with van der Waals surface area (Å²) in [6.45, 7) is 2.78. The van der Waals surface area contributed by atoms with Crippen LogP contribution in [-0.4, -0.2) is 32.0 Å². The van der Waals surface area contributed by atoms with Gasteiger partial charge in [-0.15, -0.1) is 5.92 Å². The van der Waals surface area contributed by atoms with Gasteiger partial charge in [0, 0.05) is 5.56 Å². The maximum Gasteiger partial charge on any atom is 0.184 e. The van der Waals surface area contributed by atoms with Crippen molar-refractivity contribution >= 4 is 0 Å². The van der Waals surface area contributed by atoms with Gasteiger partial charge in [-0.1, -0.05) is 127 Å². The Labute approximate surface area is 225 Å². The average molecular weight is 505 g/mol. The fourth-order valence-corrected chi connectivity index (χ4v) is 4.86. The zero-order valence-electron chi connectivity index (χ0n) is 21.5. The van der Waals surface area contributed by atoms with Crippen LogP contribution in [0, 0.1) is 11.8 Å². The first kappa shape index (κ1) is 25.9. The molecule has 1 fully saturated rings. The van der Waals surface area contributed by atoms with Crippen LogP contribution in [0.5, 0.6) is 0 Å². The van der Waals surface area contributed by atoms with E-state index in [9.17, 15) is 0 Å². The molecule has 5 rings (SSSR count). The molecule has 0 amide bonds. The van der Waals surface area contributed by atoms with Gasteiger partial charge in [-0.25, -0.2) is 0 Å². The van der Waals surface area contributed by atoms with E-state index in [1.54, 1.807) is 6.92 Å². The molecule has 3 atom stereocenters. The Morgan fingerprint density at radius 2 is 1.24 bits per heavy atom. The molecular weight excluding hydrogens is 472 g/mol. The molecule has 0 bridgehead atoms. The minimum absolute atomic E-state index is 0.287. The van der Waals surface area contributed by atoms with E-state index in [0.717, 1.165) is 22.3 Å². The van der Waals surface area contributed by atoms with Gasteiger partial charge < -0.3 is 18.9 Å². The molecule has 38 heavy (non-hydrogen) atoms. The van der Waals surface area contributed by atoms with Crippen molar-refractivity contribution in [1.29, 1.82) is 0 Å². The maximum atomic E-state index is 7.05. The van der Waals surface area contributed by atoms with Crippen molar-refractivity contribution in [2.24, 2.45) is 0 Å². The molecule has 0 spiro atoms. The van der Waals surface area contributed by atoms with Gasteiger partial charge in [0.2, 0.25) is 0 Å². The molecule has 192 valence electrons. The lowest BCUT2D eigenvalue weighted by Gasteiger charge is -2.40. The fourth-order valence-electron chi connectivity index (χ4n) is 4.86. The maximum absolute atomic E-state index is 7.05. The second kappa shape index (κ2) is 12.7. The Morgan fingerprint density at radius 1 is 0.737 bits per heavy atom. The SMILES string of the molecule is CC#CCO[C@@H]1CO[C@H](c2ccccc2)O[C@@H]1COC(c1ccccc1)(c1ccccc1)c1ccccc1. The summed E-state index contributed by atoms with van der Waals surface area (Å²) in [5.74, 6) is 5.87. The third-order valence-electron chi connectivity index (χ3n) is 6.75. The summed E-state index contributed by atoms with van der Waals surface area (Å²) >= 11 is 0. The van der Waals surface area contributed by atoms with Crippen molar-refractivity contribution in [3.8, 4) is 11.8 Å². The van der Waals surface area contributed by atoms with Gasteiger partial charge in [0.25, 0.3) is 0 Å². The predicted molar refractivity (Wildman–Crippen MR) is 148 cm³/mol. The Hall–Kier alpha value is -3.72. The van der Waals surface area contributed by atoms with Crippen molar-refractivity contribution in [2.75, 3.05) is 19.8 Å². The minimum atomic E-state index is -0.846. The molecule has 0 unspecified atom stereocenters. The van der Waals surface area contributed by atoms with Crippen molar-refractivity contribution in [1.82, 2.24) is 0 Å².